The summed E-state index contributed by atoms with van der Waals surface area (Å²) < 4.78 is 65.6. The summed E-state index contributed by atoms with van der Waals surface area (Å²) in [4.78, 5) is 6.61. The van der Waals surface area contributed by atoms with E-state index in [2.05, 4.69) is 14.7 Å². The molecular weight excluding hydrogens is 391 g/mol. The summed E-state index contributed by atoms with van der Waals surface area (Å²) in [5.41, 5.74) is -0.404. The molecule has 26 heavy (non-hydrogen) atoms. The highest BCUT2D eigenvalue weighted by atomic mass is 32.2. The van der Waals surface area contributed by atoms with Gasteiger partial charge in [-0.3, -0.25) is 0 Å². The van der Waals surface area contributed by atoms with Crippen molar-refractivity contribution in [3.63, 3.8) is 0 Å². The van der Waals surface area contributed by atoms with Gasteiger partial charge in [-0.25, -0.2) is 18.1 Å². The molecule has 0 aliphatic carbocycles. The van der Waals surface area contributed by atoms with Crippen LogP contribution in [0.15, 0.2) is 34.7 Å². The molecule has 0 saturated heterocycles. The zero-order valence-electron chi connectivity index (χ0n) is 13.3. The van der Waals surface area contributed by atoms with Crippen LogP contribution in [-0.4, -0.2) is 36.1 Å². The Morgan fingerprint density at radius 1 is 1.35 bits per heavy atom. The van der Waals surface area contributed by atoms with E-state index in [1.165, 1.54) is 31.3 Å². The first kappa shape index (κ1) is 18.8. The van der Waals surface area contributed by atoms with Crippen LogP contribution in [0.5, 0.6) is 0 Å². The number of nitrogens with zero attached hydrogens (tertiary/aromatic N) is 1. The van der Waals surface area contributed by atoms with Gasteiger partial charge < -0.3 is 10.1 Å². The third kappa shape index (κ3) is 3.61. The van der Waals surface area contributed by atoms with Crippen LogP contribution in [0, 0.1) is 0 Å². The van der Waals surface area contributed by atoms with Crippen LogP contribution in [0.3, 0.4) is 0 Å². The number of aromatic amines is 1. The van der Waals surface area contributed by atoms with Crippen LogP contribution in [0.4, 0.5) is 13.2 Å². The Bertz CT molecular complexity index is 1040. The number of aliphatic hydroxyl groups is 1. The SMILES string of the molecule is C[C@@H](CO)NS(=O)(=O)c1ccc(-c2ccnc3[nH]c(C(F)(F)F)cc23)s1. The number of rotatable bonds is 5. The van der Waals surface area contributed by atoms with Gasteiger partial charge in [-0.2, -0.15) is 13.2 Å². The van der Waals surface area contributed by atoms with E-state index in [-0.39, 0.29) is 21.8 Å². The predicted octanol–water partition coefficient (Wildman–Crippen LogP) is 2.97. The number of halogens is 3. The first-order valence-electron chi connectivity index (χ1n) is 7.40. The Labute approximate surface area is 150 Å². The molecule has 0 fully saturated rings. The Balaban J connectivity index is 2.03. The molecule has 0 aliphatic rings. The van der Waals surface area contributed by atoms with Gasteiger partial charge in [0, 0.05) is 28.1 Å². The fourth-order valence-corrected chi connectivity index (χ4v) is 4.96. The average Bonchev–Trinajstić information content (AvgIpc) is 3.20. The normalized spacial score (nSPS) is 14.0. The Hall–Kier alpha value is -1.95. The Morgan fingerprint density at radius 2 is 2.08 bits per heavy atom. The summed E-state index contributed by atoms with van der Waals surface area (Å²) in [6, 6.07) is 4.73. The summed E-state index contributed by atoms with van der Waals surface area (Å²) in [5, 5.41) is 9.24. The summed E-state index contributed by atoms with van der Waals surface area (Å²) in [5.74, 6) is 0. The van der Waals surface area contributed by atoms with E-state index in [4.69, 9.17) is 5.11 Å². The van der Waals surface area contributed by atoms with Crippen molar-refractivity contribution in [2.24, 2.45) is 0 Å². The number of sulfonamides is 1. The molecule has 0 aromatic carbocycles. The lowest BCUT2D eigenvalue weighted by Gasteiger charge is -2.09. The number of H-pyrrole nitrogens is 1. The van der Waals surface area contributed by atoms with Crippen molar-refractivity contribution >= 4 is 32.4 Å². The van der Waals surface area contributed by atoms with Gasteiger partial charge in [-0.05, 0) is 31.2 Å². The highest BCUT2D eigenvalue weighted by Gasteiger charge is 2.33. The molecular formula is C15H14F3N3O3S2. The van der Waals surface area contributed by atoms with Crippen LogP contribution in [0.1, 0.15) is 12.6 Å². The molecule has 11 heteroatoms. The standard InChI is InChI=1S/C15H14F3N3O3S2/c1-8(7-22)21-26(23,24)13-3-2-11(25-13)9-4-5-19-14-10(9)6-12(20-14)15(16,17)18/h2-6,8,21-22H,7H2,1H3,(H,19,20)/t8-/m0/s1. The number of nitrogens with one attached hydrogen (secondary N) is 2. The van der Waals surface area contributed by atoms with E-state index < -0.39 is 27.9 Å². The zero-order valence-corrected chi connectivity index (χ0v) is 15.0. The lowest BCUT2D eigenvalue weighted by atomic mass is 10.1. The monoisotopic (exact) mass is 405 g/mol. The van der Waals surface area contributed by atoms with E-state index in [1.807, 2.05) is 0 Å². The number of aromatic nitrogens is 2. The van der Waals surface area contributed by atoms with Crippen molar-refractivity contribution in [2.45, 2.75) is 23.4 Å². The van der Waals surface area contributed by atoms with Crippen molar-refractivity contribution in [3.05, 3.63) is 36.2 Å². The minimum atomic E-state index is -4.54. The van der Waals surface area contributed by atoms with Crippen LogP contribution in [0.25, 0.3) is 21.5 Å². The average molecular weight is 405 g/mol. The minimum Gasteiger partial charge on any atom is -0.395 e. The summed E-state index contributed by atoms with van der Waals surface area (Å²) in [7, 11) is -3.83. The fourth-order valence-electron chi connectivity index (χ4n) is 2.36. The van der Waals surface area contributed by atoms with Gasteiger partial charge in [-0.15, -0.1) is 11.3 Å². The van der Waals surface area contributed by atoms with E-state index in [1.54, 1.807) is 0 Å². The maximum absolute atomic E-state index is 12.9. The fraction of sp³-hybridized carbons (Fsp3) is 0.267. The van der Waals surface area contributed by atoms with Crippen molar-refractivity contribution < 1.29 is 26.7 Å². The van der Waals surface area contributed by atoms with Gasteiger partial charge in [0.05, 0.1) is 6.61 Å². The molecule has 0 aliphatic heterocycles. The number of thiophene rings is 1. The largest absolute Gasteiger partial charge is 0.431 e. The van der Waals surface area contributed by atoms with Crippen molar-refractivity contribution in [3.8, 4) is 10.4 Å². The number of aliphatic hydroxyl groups excluding tert-OH is 1. The molecule has 0 radical (unpaired) electrons. The third-order valence-corrected chi connectivity index (χ3v) is 6.78. The second-order valence-corrected chi connectivity index (χ2v) is 8.65. The predicted molar refractivity (Wildman–Crippen MR) is 91.3 cm³/mol. The van der Waals surface area contributed by atoms with Gasteiger partial charge in [0.1, 0.15) is 15.6 Å². The number of fused-ring (bicyclic) bond motifs is 1. The molecule has 3 rings (SSSR count). The van der Waals surface area contributed by atoms with E-state index in [0.29, 0.717) is 10.4 Å². The molecule has 140 valence electrons. The molecule has 0 spiro atoms. The molecule has 0 unspecified atom stereocenters. The van der Waals surface area contributed by atoms with Crippen molar-refractivity contribution in [2.75, 3.05) is 6.61 Å². The van der Waals surface area contributed by atoms with Crippen molar-refractivity contribution in [1.82, 2.24) is 14.7 Å². The highest BCUT2D eigenvalue weighted by molar-refractivity contribution is 7.91. The van der Waals surface area contributed by atoms with Gasteiger partial charge in [-0.1, -0.05) is 0 Å². The molecule has 1 atom stereocenters. The minimum absolute atomic E-state index is 0.00402. The number of hydrogen-bond donors (Lipinski definition) is 3. The molecule has 3 N–H and O–H groups in total. The zero-order chi connectivity index (χ0) is 19.1. The lowest BCUT2D eigenvalue weighted by molar-refractivity contribution is -0.140. The topological polar surface area (TPSA) is 95.1 Å². The smallest absolute Gasteiger partial charge is 0.395 e. The highest BCUT2D eigenvalue weighted by Crippen LogP contribution is 2.37. The van der Waals surface area contributed by atoms with Gasteiger partial charge in [0.2, 0.25) is 10.0 Å². The van der Waals surface area contributed by atoms with Gasteiger partial charge in [0.25, 0.3) is 0 Å². The first-order valence-corrected chi connectivity index (χ1v) is 9.70. The second kappa shape index (κ2) is 6.65. The number of pyridine rings is 1. The number of hydrogen-bond acceptors (Lipinski definition) is 5. The molecule has 3 aromatic rings. The van der Waals surface area contributed by atoms with Gasteiger partial charge in [0.15, 0.2) is 0 Å². The molecule has 0 saturated carbocycles. The van der Waals surface area contributed by atoms with Crippen molar-refractivity contribution in [1.29, 1.82) is 0 Å². The van der Waals surface area contributed by atoms with Crippen LogP contribution < -0.4 is 4.72 Å². The van der Waals surface area contributed by atoms with Crippen LogP contribution in [-0.2, 0) is 16.2 Å². The number of alkyl halides is 3. The lowest BCUT2D eigenvalue weighted by Crippen LogP contribution is -2.34. The first-order chi connectivity index (χ1) is 12.1. The quantitative estimate of drug-likeness (QED) is 0.608. The summed E-state index contributed by atoms with van der Waals surface area (Å²) >= 11 is 0.922. The maximum atomic E-state index is 12.9. The summed E-state index contributed by atoms with van der Waals surface area (Å²) in [6.45, 7) is 1.16. The molecule has 3 aromatic heterocycles. The Morgan fingerprint density at radius 3 is 2.73 bits per heavy atom. The molecule has 3 heterocycles. The molecule has 0 bridgehead atoms. The Kier molecular flexibility index (Phi) is 4.82. The van der Waals surface area contributed by atoms with Gasteiger partial charge >= 0.3 is 6.18 Å². The maximum Gasteiger partial charge on any atom is 0.431 e. The summed E-state index contributed by atoms with van der Waals surface area (Å²) in [6.07, 6.45) is -3.18. The van der Waals surface area contributed by atoms with Crippen LogP contribution >= 0.6 is 11.3 Å². The van der Waals surface area contributed by atoms with E-state index in [9.17, 15) is 21.6 Å². The van der Waals surface area contributed by atoms with E-state index in [0.717, 1.165) is 17.4 Å². The van der Waals surface area contributed by atoms with E-state index >= 15 is 0 Å². The van der Waals surface area contributed by atoms with Crippen LogP contribution in [0.2, 0.25) is 0 Å². The second-order valence-electron chi connectivity index (χ2n) is 5.63. The molecule has 0 amide bonds. The molecule has 6 nitrogen and oxygen atoms in total. The third-order valence-electron chi connectivity index (χ3n) is 3.58.